The molecular formula is C15H14N2O4. The van der Waals surface area contributed by atoms with Crippen molar-refractivity contribution in [2.24, 2.45) is 0 Å². The maximum Gasteiger partial charge on any atom is 0.274 e. The van der Waals surface area contributed by atoms with Gasteiger partial charge in [-0.25, -0.2) is 0 Å². The van der Waals surface area contributed by atoms with E-state index < -0.39 is 10.8 Å². The first-order valence-electron chi connectivity index (χ1n) is 6.24. The van der Waals surface area contributed by atoms with Gasteiger partial charge in [0.25, 0.3) is 11.6 Å². The molecule has 0 spiro atoms. The monoisotopic (exact) mass is 286 g/mol. The summed E-state index contributed by atoms with van der Waals surface area (Å²) in [6.07, 6.45) is 0. The Labute approximate surface area is 121 Å². The number of aryl methyl sites for hydroxylation is 2. The Hall–Kier alpha value is -2.89. The molecule has 0 unspecified atom stereocenters. The molecule has 2 N–H and O–H groups in total. The molecule has 0 aromatic heterocycles. The van der Waals surface area contributed by atoms with Gasteiger partial charge in [0.2, 0.25) is 0 Å². The lowest BCUT2D eigenvalue weighted by Crippen LogP contribution is -2.12. The summed E-state index contributed by atoms with van der Waals surface area (Å²) in [6.45, 7) is 3.42. The molecule has 0 bridgehead atoms. The molecule has 2 aromatic rings. The van der Waals surface area contributed by atoms with Crippen molar-refractivity contribution in [2.45, 2.75) is 13.8 Å². The molecule has 0 aliphatic heterocycles. The van der Waals surface area contributed by atoms with Gasteiger partial charge in [-0.1, -0.05) is 12.1 Å². The number of nitro benzene ring substituents is 1. The fourth-order valence-electron chi connectivity index (χ4n) is 1.92. The zero-order valence-electron chi connectivity index (χ0n) is 11.6. The van der Waals surface area contributed by atoms with Gasteiger partial charge in [0, 0.05) is 17.3 Å². The summed E-state index contributed by atoms with van der Waals surface area (Å²) in [4.78, 5) is 22.4. The van der Waals surface area contributed by atoms with Crippen LogP contribution in [-0.4, -0.2) is 15.9 Å². The second-order valence-corrected chi connectivity index (χ2v) is 4.73. The van der Waals surface area contributed by atoms with Crippen molar-refractivity contribution >= 4 is 17.3 Å². The SMILES string of the molecule is Cc1ccc(C(=O)Nc2ccc(C)c([N+](=O)[O-])c2)c(O)c1. The van der Waals surface area contributed by atoms with Crippen LogP contribution in [0.5, 0.6) is 5.75 Å². The average molecular weight is 286 g/mol. The second kappa shape index (κ2) is 5.62. The summed E-state index contributed by atoms with van der Waals surface area (Å²) in [5, 5.41) is 23.2. The number of benzene rings is 2. The van der Waals surface area contributed by atoms with Gasteiger partial charge < -0.3 is 10.4 Å². The van der Waals surface area contributed by atoms with Crippen LogP contribution in [0.25, 0.3) is 0 Å². The molecule has 0 saturated heterocycles. The minimum Gasteiger partial charge on any atom is -0.507 e. The highest BCUT2D eigenvalue weighted by atomic mass is 16.6. The van der Waals surface area contributed by atoms with Crippen molar-refractivity contribution in [1.82, 2.24) is 0 Å². The minimum absolute atomic E-state index is 0.0686. The van der Waals surface area contributed by atoms with E-state index in [-0.39, 0.29) is 17.0 Å². The van der Waals surface area contributed by atoms with Crippen LogP contribution in [0, 0.1) is 24.0 Å². The Morgan fingerprint density at radius 1 is 1.19 bits per heavy atom. The average Bonchev–Trinajstić information content (AvgIpc) is 2.40. The zero-order chi connectivity index (χ0) is 15.6. The molecule has 0 aliphatic rings. The molecule has 21 heavy (non-hydrogen) atoms. The third-order valence-electron chi connectivity index (χ3n) is 3.06. The number of aromatic hydroxyl groups is 1. The van der Waals surface area contributed by atoms with Crippen molar-refractivity contribution in [3.05, 3.63) is 63.2 Å². The number of carbonyl (C=O) groups is 1. The molecule has 0 atom stereocenters. The summed E-state index contributed by atoms with van der Waals surface area (Å²) in [6, 6.07) is 9.11. The van der Waals surface area contributed by atoms with E-state index in [0.29, 0.717) is 11.3 Å². The highest BCUT2D eigenvalue weighted by Crippen LogP contribution is 2.24. The van der Waals surface area contributed by atoms with Gasteiger partial charge in [-0.3, -0.25) is 14.9 Å². The van der Waals surface area contributed by atoms with E-state index in [0.717, 1.165) is 5.56 Å². The Morgan fingerprint density at radius 2 is 1.90 bits per heavy atom. The molecule has 0 aliphatic carbocycles. The molecule has 0 heterocycles. The topological polar surface area (TPSA) is 92.5 Å². The van der Waals surface area contributed by atoms with Crippen LogP contribution in [0.2, 0.25) is 0 Å². The number of hydrogen-bond donors (Lipinski definition) is 2. The fraction of sp³-hybridized carbons (Fsp3) is 0.133. The lowest BCUT2D eigenvalue weighted by atomic mass is 10.1. The molecule has 6 heteroatoms. The maximum absolute atomic E-state index is 12.1. The smallest absolute Gasteiger partial charge is 0.274 e. The summed E-state index contributed by atoms with van der Waals surface area (Å²) < 4.78 is 0. The van der Waals surface area contributed by atoms with Crippen molar-refractivity contribution in [2.75, 3.05) is 5.32 Å². The van der Waals surface area contributed by atoms with Crippen LogP contribution in [0.4, 0.5) is 11.4 Å². The van der Waals surface area contributed by atoms with Gasteiger partial charge >= 0.3 is 0 Å². The summed E-state index contributed by atoms with van der Waals surface area (Å²) >= 11 is 0. The summed E-state index contributed by atoms with van der Waals surface area (Å²) in [7, 11) is 0. The number of carbonyl (C=O) groups excluding carboxylic acids is 1. The Balaban J connectivity index is 2.27. The lowest BCUT2D eigenvalue weighted by Gasteiger charge is -2.08. The number of rotatable bonds is 3. The Morgan fingerprint density at radius 3 is 2.52 bits per heavy atom. The molecule has 6 nitrogen and oxygen atoms in total. The summed E-state index contributed by atoms with van der Waals surface area (Å²) in [5.41, 5.74) is 1.69. The highest BCUT2D eigenvalue weighted by Gasteiger charge is 2.15. The molecular weight excluding hydrogens is 272 g/mol. The van der Waals surface area contributed by atoms with Crippen LogP contribution in [0.15, 0.2) is 36.4 Å². The van der Waals surface area contributed by atoms with Crippen molar-refractivity contribution < 1.29 is 14.8 Å². The van der Waals surface area contributed by atoms with Gasteiger partial charge in [0.15, 0.2) is 0 Å². The van der Waals surface area contributed by atoms with Crippen LogP contribution in [-0.2, 0) is 0 Å². The first-order valence-corrected chi connectivity index (χ1v) is 6.24. The molecule has 1 amide bonds. The van der Waals surface area contributed by atoms with Crippen molar-refractivity contribution in [1.29, 1.82) is 0 Å². The van der Waals surface area contributed by atoms with E-state index in [1.54, 1.807) is 32.0 Å². The Bertz CT molecular complexity index is 726. The lowest BCUT2D eigenvalue weighted by molar-refractivity contribution is -0.385. The largest absolute Gasteiger partial charge is 0.507 e. The molecule has 0 saturated carbocycles. The molecule has 2 aromatic carbocycles. The third-order valence-corrected chi connectivity index (χ3v) is 3.06. The van der Waals surface area contributed by atoms with Crippen LogP contribution >= 0.6 is 0 Å². The number of hydrogen-bond acceptors (Lipinski definition) is 4. The standard InChI is InChI=1S/C15H14N2O4/c1-9-3-6-12(14(18)7-9)15(19)16-11-5-4-10(2)13(8-11)17(20)21/h3-8,18H,1-2H3,(H,16,19). The second-order valence-electron chi connectivity index (χ2n) is 4.73. The van der Waals surface area contributed by atoms with E-state index in [1.807, 2.05) is 0 Å². The maximum atomic E-state index is 12.1. The fourth-order valence-corrected chi connectivity index (χ4v) is 1.92. The molecule has 0 fully saturated rings. The Kier molecular flexibility index (Phi) is 3.89. The van der Waals surface area contributed by atoms with E-state index in [9.17, 15) is 20.0 Å². The van der Waals surface area contributed by atoms with E-state index in [4.69, 9.17) is 0 Å². The van der Waals surface area contributed by atoms with Gasteiger partial charge in [0.05, 0.1) is 10.5 Å². The normalized spacial score (nSPS) is 10.2. The minimum atomic E-state index is -0.523. The van der Waals surface area contributed by atoms with Gasteiger partial charge in [0.1, 0.15) is 5.75 Å². The third kappa shape index (κ3) is 3.17. The predicted octanol–water partition coefficient (Wildman–Crippen LogP) is 3.17. The van der Waals surface area contributed by atoms with E-state index in [1.165, 1.54) is 18.2 Å². The first kappa shape index (κ1) is 14.5. The molecule has 2 rings (SSSR count). The predicted molar refractivity (Wildman–Crippen MR) is 78.6 cm³/mol. The number of nitro groups is 1. The number of anilines is 1. The first-order chi connectivity index (χ1) is 9.88. The number of amides is 1. The quantitative estimate of drug-likeness (QED) is 0.669. The number of phenols is 1. The van der Waals surface area contributed by atoms with Crippen molar-refractivity contribution in [3.63, 3.8) is 0 Å². The zero-order valence-corrected chi connectivity index (χ0v) is 11.6. The van der Waals surface area contributed by atoms with E-state index >= 15 is 0 Å². The number of nitrogens with one attached hydrogen (secondary N) is 1. The van der Waals surface area contributed by atoms with Crippen LogP contribution < -0.4 is 5.32 Å². The van der Waals surface area contributed by atoms with E-state index in [2.05, 4.69) is 5.32 Å². The highest BCUT2D eigenvalue weighted by molar-refractivity contribution is 6.06. The number of nitrogens with zero attached hydrogens (tertiary/aromatic N) is 1. The van der Waals surface area contributed by atoms with Gasteiger partial charge in [-0.05, 0) is 37.6 Å². The molecule has 108 valence electrons. The molecule has 0 radical (unpaired) electrons. The van der Waals surface area contributed by atoms with Crippen molar-refractivity contribution in [3.8, 4) is 5.75 Å². The van der Waals surface area contributed by atoms with Crippen LogP contribution in [0.3, 0.4) is 0 Å². The number of phenolic OH excluding ortho intramolecular Hbond substituents is 1. The van der Waals surface area contributed by atoms with Gasteiger partial charge in [-0.15, -0.1) is 0 Å². The summed E-state index contributed by atoms with van der Waals surface area (Å²) in [5.74, 6) is -0.653. The van der Waals surface area contributed by atoms with Gasteiger partial charge in [-0.2, -0.15) is 0 Å². The van der Waals surface area contributed by atoms with Crippen LogP contribution in [0.1, 0.15) is 21.5 Å².